The predicted octanol–water partition coefficient (Wildman–Crippen LogP) is 4.31. The quantitative estimate of drug-likeness (QED) is 0.449. The number of carbonyl (C=O) groups excluding carboxylic acids is 4. The van der Waals surface area contributed by atoms with E-state index < -0.39 is 52.8 Å². The van der Waals surface area contributed by atoms with Gasteiger partial charge in [-0.05, 0) is 68.3 Å². The lowest BCUT2D eigenvalue weighted by molar-refractivity contribution is -0.204. The SMILES string of the molecule is CC[C@H]1C[C@@H]2[C@H]([C@@H](O)C[C@@]3(C)[C@H]2CC[C@]3(OC(=O)C(C)C)C(=O)COC(=O)CSC)[C@@]2(C)C=CC(=O)C=C12. The Balaban J connectivity index is 1.74. The molecule has 0 radical (unpaired) electrons. The second-order valence-corrected chi connectivity index (χ2v) is 13.3. The number of carbonyl (C=O) groups is 4. The number of ketones is 2. The second-order valence-electron chi connectivity index (χ2n) is 12.4. The van der Waals surface area contributed by atoms with Crippen molar-refractivity contribution in [3.63, 3.8) is 0 Å². The fourth-order valence-corrected chi connectivity index (χ4v) is 8.64. The molecular formula is C30H42O7S. The third-order valence-electron chi connectivity index (χ3n) is 10.1. The molecule has 4 aliphatic carbocycles. The van der Waals surface area contributed by atoms with Gasteiger partial charge in [-0.3, -0.25) is 19.2 Å². The number of aliphatic hydroxyl groups excluding tert-OH is 1. The molecule has 0 aromatic carbocycles. The smallest absolute Gasteiger partial charge is 0.316 e. The highest BCUT2D eigenvalue weighted by Crippen LogP contribution is 2.68. The van der Waals surface area contributed by atoms with E-state index >= 15 is 0 Å². The van der Waals surface area contributed by atoms with E-state index in [1.54, 1.807) is 32.3 Å². The zero-order valence-corrected chi connectivity index (χ0v) is 24.3. The van der Waals surface area contributed by atoms with Gasteiger partial charge in [0.2, 0.25) is 5.78 Å². The van der Waals surface area contributed by atoms with Crippen LogP contribution in [0.25, 0.3) is 0 Å². The zero-order chi connectivity index (χ0) is 28.0. The molecule has 0 aliphatic heterocycles. The van der Waals surface area contributed by atoms with Crippen molar-refractivity contribution in [1.29, 1.82) is 0 Å². The fourth-order valence-electron chi connectivity index (χ4n) is 8.32. The standard InChI is InChI=1S/C30H42O7S/c1-7-18-12-20-21-9-11-30(37-27(35)17(2)3,24(33)15-36-25(34)16-38-6)29(21,5)14-23(32)26(20)28(4)10-8-19(31)13-22(18)28/h8,10,13,17-18,20-21,23,26,32H,7,9,11-12,14-16H2,1-6H3/t18-,20-,21-,23-,26+,28-,29-,30-/m0/s1. The lowest BCUT2D eigenvalue weighted by Crippen LogP contribution is -2.63. The molecule has 8 atom stereocenters. The van der Waals surface area contributed by atoms with Crippen molar-refractivity contribution >= 4 is 35.3 Å². The van der Waals surface area contributed by atoms with Crippen LogP contribution in [0.1, 0.15) is 66.7 Å². The fraction of sp³-hybridized carbons (Fsp3) is 0.733. The summed E-state index contributed by atoms with van der Waals surface area (Å²) >= 11 is 1.31. The third-order valence-corrected chi connectivity index (χ3v) is 10.6. The third kappa shape index (κ3) is 4.49. The molecule has 7 nitrogen and oxygen atoms in total. The van der Waals surface area contributed by atoms with Gasteiger partial charge < -0.3 is 14.6 Å². The number of hydrogen-bond acceptors (Lipinski definition) is 8. The molecule has 3 saturated carbocycles. The van der Waals surface area contributed by atoms with Gasteiger partial charge in [0, 0.05) is 16.7 Å². The topological polar surface area (TPSA) is 107 Å². The molecule has 1 N–H and O–H groups in total. The second kappa shape index (κ2) is 10.6. The molecule has 3 fully saturated rings. The molecule has 210 valence electrons. The maximum Gasteiger partial charge on any atom is 0.316 e. The van der Waals surface area contributed by atoms with Crippen LogP contribution in [0.15, 0.2) is 23.8 Å². The first-order valence-corrected chi connectivity index (χ1v) is 15.3. The van der Waals surface area contributed by atoms with E-state index in [4.69, 9.17) is 9.47 Å². The Morgan fingerprint density at radius 1 is 1.24 bits per heavy atom. The van der Waals surface area contributed by atoms with E-state index in [0.29, 0.717) is 12.8 Å². The van der Waals surface area contributed by atoms with Crippen molar-refractivity contribution in [2.45, 2.75) is 78.4 Å². The van der Waals surface area contributed by atoms with Crippen molar-refractivity contribution in [2.75, 3.05) is 18.6 Å². The van der Waals surface area contributed by atoms with Crippen LogP contribution in [-0.4, -0.2) is 58.9 Å². The number of aliphatic hydroxyl groups is 1. The molecule has 0 aromatic rings. The van der Waals surface area contributed by atoms with E-state index in [9.17, 15) is 24.3 Å². The van der Waals surface area contributed by atoms with E-state index in [1.807, 2.05) is 13.0 Å². The first-order valence-electron chi connectivity index (χ1n) is 13.9. The Morgan fingerprint density at radius 3 is 2.58 bits per heavy atom. The van der Waals surface area contributed by atoms with Gasteiger partial charge >= 0.3 is 11.9 Å². The van der Waals surface area contributed by atoms with Gasteiger partial charge in [-0.1, -0.05) is 46.3 Å². The summed E-state index contributed by atoms with van der Waals surface area (Å²) in [5.74, 6) is -1.46. The zero-order valence-electron chi connectivity index (χ0n) is 23.5. The van der Waals surface area contributed by atoms with E-state index in [-0.39, 0.29) is 41.6 Å². The lowest BCUT2D eigenvalue weighted by Gasteiger charge is -2.61. The molecule has 8 heteroatoms. The summed E-state index contributed by atoms with van der Waals surface area (Å²) in [4.78, 5) is 51.3. The molecule has 0 heterocycles. The van der Waals surface area contributed by atoms with E-state index in [0.717, 1.165) is 18.4 Å². The average Bonchev–Trinajstić information content (AvgIpc) is 3.14. The number of ether oxygens (including phenoxy) is 2. The molecule has 4 rings (SSSR count). The van der Waals surface area contributed by atoms with Crippen LogP contribution in [0.5, 0.6) is 0 Å². The predicted molar refractivity (Wildman–Crippen MR) is 145 cm³/mol. The Bertz CT molecular complexity index is 1060. The van der Waals surface area contributed by atoms with Crippen LogP contribution in [0.4, 0.5) is 0 Å². The summed E-state index contributed by atoms with van der Waals surface area (Å²) in [6.07, 6.45) is 9.38. The van der Waals surface area contributed by atoms with Gasteiger partial charge in [0.15, 0.2) is 18.0 Å². The summed E-state index contributed by atoms with van der Waals surface area (Å²) in [6.45, 7) is 9.25. The molecule has 0 amide bonds. The van der Waals surface area contributed by atoms with Gasteiger partial charge in [0.05, 0.1) is 17.8 Å². The number of fused-ring (bicyclic) bond motifs is 5. The minimum atomic E-state index is -1.47. The number of esters is 2. The molecule has 0 bridgehead atoms. The van der Waals surface area contributed by atoms with Gasteiger partial charge in [-0.15, -0.1) is 0 Å². The average molecular weight is 547 g/mol. The first-order chi connectivity index (χ1) is 17.8. The normalized spacial score (nSPS) is 39.6. The highest BCUT2D eigenvalue weighted by Gasteiger charge is 2.71. The maximum atomic E-state index is 13.9. The summed E-state index contributed by atoms with van der Waals surface area (Å²) in [5.41, 5.74) is -1.63. The summed E-state index contributed by atoms with van der Waals surface area (Å²) in [5, 5.41) is 11.8. The van der Waals surface area contributed by atoms with Crippen LogP contribution >= 0.6 is 11.8 Å². The Labute approximate surface area is 230 Å². The number of rotatable bonds is 8. The highest BCUT2D eigenvalue weighted by molar-refractivity contribution is 7.99. The van der Waals surface area contributed by atoms with Crippen molar-refractivity contribution in [1.82, 2.24) is 0 Å². The van der Waals surface area contributed by atoms with Crippen molar-refractivity contribution in [3.05, 3.63) is 23.8 Å². The molecule has 0 unspecified atom stereocenters. The van der Waals surface area contributed by atoms with E-state index in [1.165, 1.54) is 11.8 Å². The Hall–Kier alpha value is -1.93. The van der Waals surface area contributed by atoms with Crippen molar-refractivity contribution in [3.8, 4) is 0 Å². The summed E-state index contributed by atoms with van der Waals surface area (Å²) in [6, 6.07) is 0. The van der Waals surface area contributed by atoms with Crippen LogP contribution < -0.4 is 0 Å². The monoisotopic (exact) mass is 546 g/mol. The largest absolute Gasteiger partial charge is 0.457 e. The number of Topliss-reactive ketones (excluding diaryl/α,β-unsaturated/α-hetero) is 1. The molecule has 0 spiro atoms. The summed E-state index contributed by atoms with van der Waals surface area (Å²) in [7, 11) is 0. The van der Waals surface area contributed by atoms with Gasteiger partial charge in [0.25, 0.3) is 0 Å². The number of allylic oxidation sites excluding steroid dienone is 4. The minimum absolute atomic E-state index is 0.00777. The Kier molecular flexibility index (Phi) is 8.08. The van der Waals surface area contributed by atoms with Crippen LogP contribution in [-0.2, 0) is 28.7 Å². The molecule has 0 saturated heterocycles. The van der Waals surface area contributed by atoms with E-state index in [2.05, 4.69) is 13.8 Å². The lowest BCUT2D eigenvalue weighted by atomic mass is 9.44. The van der Waals surface area contributed by atoms with Crippen molar-refractivity contribution < 1.29 is 33.8 Å². The Morgan fingerprint density at radius 2 is 1.95 bits per heavy atom. The van der Waals surface area contributed by atoms with Gasteiger partial charge in [-0.2, -0.15) is 11.8 Å². The number of thioether (sulfide) groups is 1. The molecule has 0 aromatic heterocycles. The molecule has 4 aliphatic rings. The first kappa shape index (κ1) is 29.1. The maximum absolute atomic E-state index is 13.9. The van der Waals surface area contributed by atoms with Crippen LogP contribution in [0.3, 0.4) is 0 Å². The summed E-state index contributed by atoms with van der Waals surface area (Å²) < 4.78 is 11.4. The minimum Gasteiger partial charge on any atom is -0.457 e. The van der Waals surface area contributed by atoms with Crippen LogP contribution in [0.2, 0.25) is 0 Å². The van der Waals surface area contributed by atoms with Gasteiger partial charge in [-0.25, -0.2) is 0 Å². The molecule has 38 heavy (non-hydrogen) atoms. The number of hydrogen-bond donors (Lipinski definition) is 1. The van der Waals surface area contributed by atoms with Crippen molar-refractivity contribution in [2.24, 2.45) is 40.4 Å². The molecular weight excluding hydrogens is 504 g/mol. The van der Waals surface area contributed by atoms with Gasteiger partial charge in [0.1, 0.15) is 0 Å². The highest BCUT2D eigenvalue weighted by atomic mass is 32.2. The van der Waals surface area contributed by atoms with Crippen LogP contribution in [0, 0.1) is 40.4 Å².